The molecule has 12 heavy (non-hydrogen) atoms. The normalized spacial score (nSPS) is 11.3. The molecule has 70 valence electrons. The molecule has 0 atom stereocenters. The third kappa shape index (κ3) is 4.29. The second kappa shape index (κ2) is 7.04. The Morgan fingerprint density at radius 2 is 2.00 bits per heavy atom. The third-order valence-electron chi connectivity index (χ3n) is 1.93. The predicted octanol–water partition coefficient (Wildman–Crippen LogP) is 2.19. The lowest BCUT2D eigenvalue weighted by atomic mass is 9.98. The molecule has 0 aromatic rings. The molecule has 0 saturated carbocycles. The average molecular weight is 170 g/mol. The van der Waals surface area contributed by atoms with Crippen molar-refractivity contribution in [1.82, 2.24) is 0 Å². The van der Waals surface area contributed by atoms with Crippen molar-refractivity contribution < 1.29 is 9.53 Å². The molecule has 0 saturated heterocycles. The molecule has 0 N–H and O–H groups in total. The van der Waals surface area contributed by atoms with Gasteiger partial charge in [0.25, 0.3) is 0 Å². The van der Waals surface area contributed by atoms with Crippen LogP contribution < -0.4 is 0 Å². The minimum absolute atomic E-state index is 0.193. The van der Waals surface area contributed by atoms with Gasteiger partial charge < -0.3 is 4.74 Å². The smallest absolute Gasteiger partial charge is 0.158 e. The summed E-state index contributed by atoms with van der Waals surface area (Å²) in [6.45, 7) is 4.60. The standard InChI is InChI=1S/C10H18O2/c1-4-9(5-2)10(11)7-6-8-12-3/h6-7,9H,4-5,8H2,1-3H3/b7-6+. The van der Waals surface area contributed by atoms with Gasteiger partial charge in [-0.05, 0) is 18.9 Å². The number of methoxy groups -OCH3 is 1. The van der Waals surface area contributed by atoms with E-state index in [1.165, 1.54) is 0 Å². The fourth-order valence-corrected chi connectivity index (χ4v) is 1.09. The highest BCUT2D eigenvalue weighted by Crippen LogP contribution is 2.09. The van der Waals surface area contributed by atoms with E-state index in [2.05, 4.69) is 0 Å². The summed E-state index contributed by atoms with van der Waals surface area (Å²) in [4.78, 5) is 11.3. The van der Waals surface area contributed by atoms with Gasteiger partial charge in [0, 0.05) is 13.0 Å². The summed E-state index contributed by atoms with van der Waals surface area (Å²) in [5.74, 6) is 0.412. The Morgan fingerprint density at radius 3 is 2.42 bits per heavy atom. The Balaban J connectivity index is 3.83. The zero-order chi connectivity index (χ0) is 9.40. The van der Waals surface area contributed by atoms with Gasteiger partial charge >= 0.3 is 0 Å². The van der Waals surface area contributed by atoms with E-state index in [1.807, 2.05) is 13.8 Å². The van der Waals surface area contributed by atoms with Gasteiger partial charge in [-0.2, -0.15) is 0 Å². The van der Waals surface area contributed by atoms with Crippen LogP contribution in [0.3, 0.4) is 0 Å². The van der Waals surface area contributed by atoms with Gasteiger partial charge in [0.15, 0.2) is 5.78 Å². The Hall–Kier alpha value is -0.630. The van der Waals surface area contributed by atoms with Crippen LogP contribution in [0.4, 0.5) is 0 Å². The van der Waals surface area contributed by atoms with E-state index < -0.39 is 0 Å². The van der Waals surface area contributed by atoms with Gasteiger partial charge in [-0.25, -0.2) is 0 Å². The number of rotatable bonds is 6. The molecule has 0 aliphatic rings. The number of ketones is 1. The van der Waals surface area contributed by atoms with Gasteiger partial charge in [0.2, 0.25) is 0 Å². The minimum Gasteiger partial charge on any atom is -0.381 e. The quantitative estimate of drug-likeness (QED) is 0.571. The first-order valence-electron chi connectivity index (χ1n) is 4.45. The average Bonchev–Trinajstić information content (AvgIpc) is 2.07. The van der Waals surface area contributed by atoms with Gasteiger partial charge in [-0.15, -0.1) is 0 Å². The number of ether oxygens (including phenoxy) is 1. The molecule has 0 amide bonds. The summed E-state index contributed by atoms with van der Waals surface area (Å²) in [5, 5.41) is 0. The van der Waals surface area contributed by atoms with Crippen molar-refractivity contribution in [3.05, 3.63) is 12.2 Å². The number of hydrogen-bond acceptors (Lipinski definition) is 2. The molecule has 0 radical (unpaired) electrons. The van der Waals surface area contributed by atoms with Crippen molar-refractivity contribution in [2.24, 2.45) is 5.92 Å². The largest absolute Gasteiger partial charge is 0.381 e. The summed E-state index contributed by atoms with van der Waals surface area (Å²) in [6.07, 6.45) is 5.24. The Labute approximate surface area is 74.6 Å². The summed E-state index contributed by atoms with van der Waals surface area (Å²) in [5.41, 5.74) is 0. The molecule has 2 heteroatoms. The lowest BCUT2D eigenvalue weighted by Gasteiger charge is -2.06. The molecule has 2 nitrogen and oxygen atoms in total. The number of hydrogen-bond donors (Lipinski definition) is 0. The molecule has 0 aromatic heterocycles. The Bertz CT molecular complexity index is 146. The fraction of sp³-hybridized carbons (Fsp3) is 0.700. The zero-order valence-corrected chi connectivity index (χ0v) is 8.17. The van der Waals surface area contributed by atoms with Crippen molar-refractivity contribution in [2.75, 3.05) is 13.7 Å². The van der Waals surface area contributed by atoms with Crippen LogP contribution in [-0.2, 0) is 9.53 Å². The van der Waals surface area contributed by atoms with Crippen molar-refractivity contribution in [3.8, 4) is 0 Å². The fourth-order valence-electron chi connectivity index (χ4n) is 1.09. The van der Waals surface area contributed by atoms with Crippen LogP contribution in [0.1, 0.15) is 26.7 Å². The topological polar surface area (TPSA) is 26.3 Å². The van der Waals surface area contributed by atoms with Crippen LogP contribution in [-0.4, -0.2) is 19.5 Å². The van der Waals surface area contributed by atoms with Crippen LogP contribution in [0.2, 0.25) is 0 Å². The molecular formula is C10H18O2. The number of allylic oxidation sites excluding steroid dienone is 1. The zero-order valence-electron chi connectivity index (χ0n) is 8.17. The molecular weight excluding hydrogens is 152 g/mol. The minimum atomic E-state index is 0.193. The van der Waals surface area contributed by atoms with E-state index in [9.17, 15) is 4.79 Å². The van der Waals surface area contributed by atoms with Crippen LogP contribution in [0.15, 0.2) is 12.2 Å². The van der Waals surface area contributed by atoms with E-state index in [-0.39, 0.29) is 11.7 Å². The highest BCUT2D eigenvalue weighted by Gasteiger charge is 2.09. The second-order valence-electron chi connectivity index (χ2n) is 2.77. The first-order valence-corrected chi connectivity index (χ1v) is 4.45. The molecule has 0 bridgehead atoms. The van der Waals surface area contributed by atoms with Crippen LogP contribution in [0.25, 0.3) is 0 Å². The van der Waals surface area contributed by atoms with E-state index in [0.717, 1.165) is 12.8 Å². The highest BCUT2D eigenvalue weighted by atomic mass is 16.5. The van der Waals surface area contributed by atoms with E-state index in [4.69, 9.17) is 4.74 Å². The van der Waals surface area contributed by atoms with E-state index >= 15 is 0 Å². The second-order valence-corrected chi connectivity index (χ2v) is 2.77. The van der Waals surface area contributed by atoms with Gasteiger partial charge in [-0.3, -0.25) is 4.79 Å². The predicted molar refractivity (Wildman–Crippen MR) is 50.1 cm³/mol. The molecule has 0 aliphatic heterocycles. The molecule has 0 heterocycles. The number of carbonyl (C=O) groups is 1. The third-order valence-corrected chi connectivity index (χ3v) is 1.93. The molecule has 0 unspecified atom stereocenters. The SMILES string of the molecule is CCC(CC)C(=O)/C=C/COC. The van der Waals surface area contributed by atoms with Gasteiger partial charge in [0.05, 0.1) is 6.61 Å². The lowest BCUT2D eigenvalue weighted by Crippen LogP contribution is -2.09. The highest BCUT2D eigenvalue weighted by molar-refractivity contribution is 5.91. The first kappa shape index (κ1) is 11.4. The lowest BCUT2D eigenvalue weighted by molar-refractivity contribution is -0.118. The van der Waals surface area contributed by atoms with E-state index in [1.54, 1.807) is 19.3 Å². The Kier molecular flexibility index (Phi) is 6.67. The number of carbonyl (C=O) groups excluding carboxylic acids is 1. The molecule has 0 spiro atoms. The van der Waals surface area contributed by atoms with Crippen molar-refractivity contribution in [3.63, 3.8) is 0 Å². The monoisotopic (exact) mass is 170 g/mol. The summed E-state index contributed by atoms with van der Waals surface area (Å²) in [6, 6.07) is 0. The summed E-state index contributed by atoms with van der Waals surface area (Å²) >= 11 is 0. The van der Waals surface area contributed by atoms with Crippen LogP contribution >= 0.6 is 0 Å². The molecule has 0 fully saturated rings. The maximum atomic E-state index is 11.3. The van der Waals surface area contributed by atoms with E-state index in [0.29, 0.717) is 6.61 Å². The van der Waals surface area contributed by atoms with Crippen molar-refractivity contribution in [2.45, 2.75) is 26.7 Å². The maximum Gasteiger partial charge on any atom is 0.158 e. The maximum absolute atomic E-state index is 11.3. The van der Waals surface area contributed by atoms with Crippen molar-refractivity contribution in [1.29, 1.82) is 0 Å². The Morgan fingerprint density at radius 1 is 1.42 bits per heavy atom. The first-order chi connectivity index (χ1) is 5.76. The molecule has 0 aromatic carbocycles. The summed E-state index contributed by atoms with van der Waals surface area (Å²) in [7, 11) is 1.62. The molecule has 0 aliphatic carbocycles. The van der Waals surface area contributed by atoms with Crippen molar-refractivity contribution >= 4 is 5.78 Å². The van der Waals surface area contributed by atoms with Gasteiger partial charge in [-0.1, -0.05) is 19.9 Å². The summed E-state index contributed by atoms with van der Waals surface area (Å²) < 4.78 is 4.80. The van der Waals surface area contributed by atoms with Gasteiger partial charge in [0.1, 0.15) is 0 Å². The van der Waals surface area contributed by atoms with Crippen LogP contribution in [0, 0.1) is 5.92 Å². The van der Waals surface area contributed by atoms with Crippen LogP contribution in [0.5, 0.6) is 0 Å². The molecule has 0 rings (SSSR count).